The van der Waals surface area contributed by atoms with E-state index in [9.17, 15) is 9.90 Å². The van der Waals surface area contributed by atoms with Crippen LogP contribution in [0.2, 0.25) is 0 Å². The van der Waals surface area contributed by atoms with Gasteiger partial charge in [-0.2, -0.15) is 0 Å². The normalized spacial score (nSPS) is 23.0. The van der Waals surface area contributed by atoms with E-state index in [0.717, 1.165) is 37.0 Å². The third-order valence-electron chi connectivity index (χ3n) is 3.79. The number of benzene rings is 1. The lowest BCUT2D eigenvalue weighted by Gasteiger charge is -2.29. The van der Waals surface area contributed by atoms with E-state index < -0.39 is 5.97 Å². The van der Waals surface area contributed by atoms with Gasteiger partial charge < -0.3 is 15.2 Å². The molecule has 1 aliphatic carbocycles. The Labute approximate surface area is 113 Å². The Morgan fingerprint density at radius 3 is 2.95 bits per heavy atom. The third kappa shape index (κ3) is 3.70. The topological polar surface area (TPSA) is 58.6 Å². The van der Waals surface area contributed by atoms with E-state index in [-0.39, 0.29) is 12.0 Å². The van der Waals surface area contributed by atoms with Gasteiger partial charge in [0.05, 0.1) is 13.0 Å². The van der Waals surface area contributed by atoms with Crippen LogP contribution >= 0.6 is 0 Å². The van der Waals surface area contributed by atoms with E-state index in [1.165, 1.54) is 0 Å². The van der Waals surface area contributed by atoms with Crippen molar-refractivity contribution in [3.63, 3.8) is 0 Å². The maximum absolute atomic E-state index is 11.2. The van der Waals surface area contributed by atoms with E-state index in [1.807, 2.05) is 24.3 Å². The minimum absolute atomic E-state index is 0.0810. The van der Waals surface area contributed by atoms with Crippen LogP contribution in [0.3, 0.4) is 0 Å². The average molecular weight is 263 g/mol. The van der Waals surface area contributed by atoms with Gasteiger partial charge in [-0.15, -0.1) is 0 Å². The van der Waals surface area contributed by atoms with Crippen LogP contribution in [0.15, 0.2) is 24.3 Å². The summed E-state index contributed by atoms with van der Waals surface area (Å²) < 4.78 is 5.18. The van der Waals surface area contributed by atoms with E-state index in [2.05, 4.69) is 5.32 Å². The van der Waals surface area contributed by atoms with E-state index in [0.29, 0.717) is 6.54 Å². The zero-order valence-electron chi connectivity index (χ0n) is 11.3. The predicted molar refractivity (Wildman–Crippen MR) is 73.2 cm³/mol. The number of aliphatic carboxylic acids is 1. The predicted octanol–water partition coefficient (Wildman–Crippen LogP) is 2.43. The number of hydrogen-bond donors (Lipinski definition) is 2. The molecular weight excluding hydrogens is 242 g/mol. The van der Waals surface area contributed by atoms with Crippen LogP contribution in [0, 0.1) is 5.92 Å². The van der Waals surface area contributed by atoms with Crippen LogP contribution in [0.4, 0.5) is 0 Å². The van der Waals surface area contributed by atoms with Crippen LogP contribution in [-0.2, 0) is 11.3 Å². The van der Waals surface area contributed by atoms with Crippen LogP contribution in [-0.4, -0.2) is 24.2 Å². The molecule has 19 heavy (non-hydrogen) atoms. The first kappa shape index (κ1) is 13.9. The first-order chi connectivity index (χ1) is 9.20. The van der Waals surface area contributed by atoms with Gasteiger partial charge in [-0.25, -0.2) is 0 Å². The summed E-state index contributed by atoms with van der Waals surface area (Å²) in [6.45, 7) is 0.686. The second kappa shape index (κ2) is 6.57. The molecule has 4 nitrogen and oxygen atoms in total. The van der Waals surface area contributed by atoms with Crippen molar-refractivity contribution in [3.05, 3.63) is 29.8 Å². The number of methoxy groups -OCH3 is 1. The second-order valence-corrected chi connectivity index (χ2v) is 5.07. The summed E-state index contributed by atoms with van der Waals surface area (Å²) in [5, 5.41) is 12.6. The highest BCUT2D eigenvalue weighted by Crippen LogP contribution is 2.25. The molecule has 104 valence electrons. The van der Waals surface area contributed by atoms with E-state index >= 15 is 0 Å². The molecule has 2 N–H and O–H groups in total. The summed E-state index contributed by atoms with van der Waals surface area (Å²) in [7, 11) is 1.65. The molecule has 0 radical (unpaired) electrons. The van der Waals surface area contributed by atoms with Gasteiger partial charge in [0.2, 0.25) is 0 Å². The fraction of sp³-hybridized carbons (Fsp3) is 0.533. The molecule has 0 unspecified atom stereocenters. The minimum atomic E-state index is -0.678. The average Bonchev–Trinajstić information content (AvgIpc) is 2.45. The van der Waals surface area contributed by atoms with Gasteiger partial charge in [0.25, 0.3) is 0 Å². The molecule has 2 rings (SSSR count). The fourth-order valence-electron chi connectivity index (χ4n) is 2.70. The van der Waals surface area contributed by atoms with Crippen molar-refractivity contribution in [1.29, 1.82) is 0 Å². The summed E-state index contributed by atoms with van der Waals surface area (Å²) in [4.78, 5) is 11.2. The number of ether oxygens (including phenoxy) is 1. The van der Waals surface area contributed by atoms with E-state index in [4.69, 9.17) is 4.74 Å². The van der Waals surface area contributed by atoms with Crippen molar-refractivity contribution in [2.24, 2.45) is 5.92 Å². The van der Waals surface area contributed by atoms with Gasteiger partial charge in [-0.05, 0) is 30.5 Å². The third-order valence-corrected chi connectivity index (χ3v) is 3.79. The molecule has 0 bridgehead atoms. The molecule has 1 aromatic carbocycles. The standard InChI is InChI=1S/C15H21NO3/c1-19-12-6-4-5-11(9-12)10-16-14-8-3-2-7-13(14)15(17)18/h4-6,9,13-14,16H,2-3,7-8,10H2,1H3,(H,17,18)/t13-,14+/m0/s1. The SMILES string of the molecule is COc1cccc(CN[C@@H]2CCCC[C@@H]2C(=O)O)c1. The number of carboxylic acid groups (broad SMARTS) is 1. The zero-order chi connectivity index (χ0) is 13.7. The molecule has 0 aliphatic heterocycles. The van der Waals surface area contributed by atoms with Gasteiger partial charge in [0.1, 0.15) is 5.75 Å². The summed E-state index contributed by atoms with van der Waals surface area (Å²) in [5.41, 5.74) is 1.12. The van der Waals surface area contributed by atoms with Crippen molar-refractivity contribution in [3.8, 4) is 5.75 Å². The van der Waals surface area contributed by atoms with Crippen LogP contribution in [0.5, 0.6) is 5.75 Å². The molecule has 1 aliphatic rings. The minimum Gasteiger partial charge on any atom is -0.497 e. The van der Waals surface area contributed by atoms with Gasteiger partial charge in [-0.3, -0.25) is 4.79 Å². The molecule has 0 amide bonds. The number of hydrogen-bond acceptors (Lipinski definition) is 3. The lowest BCUT2D eigenvalue weighted by Crippen LogP contribution is -2.41. The van der Waals surface area contributed by atoms with Crippen molar-refractivity contribution in [1.82, 2.24) is 5.32 Å². The summed E-state index contributed by atoms with van der Waals surface area (Å²) >= 11 is 0. The highest BCUT2D eigenvalue weighted by molar-refractivity contribution is 5.71. The van der Waals surface area contributed by atoms with Crippen molar-refractivity contribution >= 4 is 5.97 Å². The lowest BCUT2D eigenvalue weighted by molar-refractivity contribution is -0.143. The van der Waals surface area contributed by atoms with Gasteiger partial charge in [0.15, 0.2) is 0 Å². The molecule has 0 aromatic heterocycles. The van der Waals surface area contributed by atoms with Crippen LogP contribution in [0.25, 0.3) is 0 Å². The summed E-state index contributed by atoms with van der Waals surface area (Å²) in [5.74, 6) is -0.0973. The molecule has 2 atom stereocenters. The molecule has 1 saturated carbocycles. The Bertz CT molecular complexity index is 433. The van der Waals surface area contributed by atoms with Gasteiger partial charge in [-0.1, -0.05) is 25.0 Å². The Morgan fingerprint density at radius 2 is 2.21 bits per heavy atom. The van der Waals surface area contributed by atoms with Gasteiger partial charge >= 0.3 is 5.97 Å². The van der Waals surface area contributed by atoms with Crippen LogP contribution < -0.4 is 10.1 Å². The Kier molecular flexibility index (Phi) is 4.80. The first-order valence-corrected chi connectivity index (χ1v) is 6.80. The Morgan fingerprint density at radius 1 is 1.42 bits per heavy atom. The number of nitrogens with one attached hydrogen (secondary N) is 1. The molecule has 0 heterocycles. The lowest BCUT2D eigenvalue weighted by atomic mass is 9.84. The highest BCUT2D eigenvalue weighted by Gasteiger charge is 2.30. The maximum atomic E-state index is 11.2. The molecule has 1 fully saturated rings. The maximum Gasteiger partial charge on any atom is 0.308 e. The largest absolute Gasteiger partial charge is 0.497 e. The van der Waals surface area contributed by atoms with Crippen molar-refractivity contribution in [2.45, 2.75) is 38.3 Å². The van der Waals surface area contributed by atoms with Crippen molar-refractivity contribution < 1.29 is 14.6 Å². The van der Waals surface area contributed by atoms with Crippen molar-refractivity contribution in [2.75, 3.05) is 7.11 Å². The first-order valence-electron chi connectivity index (χ1n) is 6.80. The number of carbonyl (C=O) groups is 1. The monoisotopic (exact) mass is 263 g/mol. The quantitative estimate of drug-likeness (QED) is 0.856. The second-order valence-electron chi connectivity index (χ2n) is 5.07. The molecule has 4 heteroatoms. The van der Waals surface area contributed by atoms with Crippen LogP contribution in [0.1, 0.15) is 31.2 Å². The zero-order valence-corrected chi connectivity index (χ0v) is 11.3. The van der Waals surface area contributed by atoms with Gasteiger partial charge in [0, 0.05) is 12.6 Å². The summed E-state index contributed by atoms with van der Waals surface area (Å²) in [6.07, 6.45) is 3.86. The Hall–Kier alpha value is -1.55. The molecule has 1 aromatic rings. The Balaban J connectivity index is 1.94. The highest BCUT2D eigenvalue weighted by atomic mass is 16.5. The molecule has 0 spiro atoms. The number of rotatable bonds is 5. The molecule has 0 saturated heterocycles. The smallest absolute Gasteiger partial charge is 0.308 e. The number of carboxylic acids is 1. The molecular formula is C15H21NO3. The summed E-state index contributed by atoms with van der Waals surface area (Å²) in [6, 6.07) is 7.94. The van der Waals surface area contributed by atoms with E-state index in [1.54, 1.807) is 7.11 Å². The fourth-order valence-corrected chi connectivity index (χ4v) is 2.70.